The van der Waals surface area contributed by atoms with Crippen LogP contribution in [-0.2, 0) is 9.53 Å². The summed E-state index contributed by atoms with van der Waals surface area (Å²) in [5.74, 6) is -0.0700. The molecule has 0 saturated carbocycles. The lowest BCUT2D eigenvalue weighted by Gasteiger charge is -2.23. The highest BCUT2D eigenvalue weighted by Crippen LogP contribution is 2.06. The van der Waals surface area contributed by atoms with Gasteiger partial charge in [0.15, 0.2) is 0 Å². The minimum absolute atomic E-state index is 0.0700. The van der Waals surface area contributed by atoms with E-state index < -0.39 is 0 Å². The first-order valence-corrected chi connectivity index (χ1v) is 6.71. The zero-order valence-electron chi connectivity index (χ0n) is 11.2. The Morgan fingerprint density at radius 2 is 2.37 bits per heavy atom. The van der Waals surface area contributed by atoms with Crippen molar-refractivity contribution < 1.29 is 9.53 Å². The van der Waals surface area contributed by atoms with E-state index in [-0.39, 0.29) is 11.9 Å². The van der Waals surface area contributed by atoms with Gasteiger partial charge in [0.25, 0.3) is 0 Å². The molecule has 2 heterocycles. The first-order valence-electron chi connectivity index (χ1n) is 6.71. The molecule has 0 aliphatic carbocycles. The predicted octanol–water partition coefficient (Wildman–Crippen LogP) is -0.276. The van der Waals surface area contributed by atoms with Gasteiger partial charge in [-0.3, -0.25) is 4.79 Å². The van der Waals surface area contributed by atoms with E-state index in [0.717, 1.165) is 25.9 Å². The molecule has 2 rings (SSSR count). The normalized spacial score (nSPS) is 18.2. The van der Waals surface area contributed by atoms with E-state index >= 15 is 0 Å². The molecule has 1 unspecified atom stereocenters. The highest BCUT2D eigenvalue weighted by Gasteiger charge is 2.16. The first kappa shape index (κ1) is 14.0. The van der Waals surface area contributed by atoms with E-state index in [0.29, 0.717) is 19.3 Å². The van der Waals surface area contributed by atoms with Gasteiger partial charge in [-0.05, 0) is 32.9 Å². The van der Waals surface area contributed by atoms with Crippen molar-refractivity contribution in [3.05, 3.63) is 12.7 Å². The molecule has 1 aromatic rings. The fourth-order valence-corrected chi connectivity index (χ4v) is 2.05. The predicted molar refractivity (Wildman–Crippen MR) is 69.6 cm³/mol. The Morgan fingerprint density at radius 3 is 3.05 bits per heavy atom. The quantitative estimate of drug-likeness (QED) is 0.693. The zero-order chi connectivity index (χ0) is 13.5. The van der Waals surface area contributed by atoms with Crippen LogP contribution in [0, 0.1) is 0 Å². The van der Waals surface area contributed by atoms with E-state index in [2.05, 4.69) is 20.7 Å². The summed E-state index contributed by atoms with van der Waals surface area (Å²) >= 11 is 0. The molecule has 7 heteroatoms. The molecule has 1 aromatic heterocycles. The van der Waals surface area contributed by atoms with Crippen LogP contribution in [0.2, 0.25) is 0 Å². The third kappa shape index (κ3) is 4.29. The molecular formula is C12H21N5O2. The van der Waals surface area contributed by atoms with Crippen LogP contribution in [0.1, 0.15) is 25.8 Å². The maximum Gasteiger partial charge on any atom is 0.244 e. The number of piperidine rings is 1. The number of aromatic nitrogens is 3. The standard InChI is InChI=1S/C12H21N5O2/c1-10(17-9-14-8-16-17)12(18)15-6-7-19-11-2-4-13-5-3-11/h8-11,13H,2-7H2,1H3,(H,15,18). The van der Waals surface area contributed by atoms with E-state index in [1.54, 1.807) is 6.92 Å². The highest BCUT2D eigenvalue weighted by molar-refractivity contribution is 5.79. The molecule has 1 fully saturated rings. The van der Waals surface area contributed by atoms with Crippen molar-refractivity contribution in [3.8, 4) is 0 Å². The van der Waals surface area contributed by atoms with E-state index in [4.69, 9.17) is 4.74 Å². The molecule has 0 bridgehead atoms. The number of amides is 1. The Bertz CT molecular complexity index is 375. The summed E-state index contributed by atoms with van der Waals surface area (Å²) in [7, 11) is 0. The van der Waals surface area contributed by atoms with Gasteiger partial charge in [0.1, 0.15) is 18.7 Å². The van der Waals surface area contributed by atoms with Crippen LogP contribution in [0.25, 0.3) is 0 Å². The number of nitrogens with zero attached hydrogens (tertiary/aromatic N) is 3. The monoisotopic (exact) mass is 267 g/mol. The number of ether oxygens (including phenoxy) is 1. The molecular weight excluding hydrogens is 246 g/mol. The van der Waals surface area contributed by atoms with Gasteiger partial charge in [-0.1, -0.05) is 0 Å². The van der Waals surface area contributed by atoms with Gasteiger partial charge in [-0.2, -0.15) is 5.10 Å². The second-order valence-electron chi connectivity index (χ2n) is 4.66. The summed E-state index contributed by atoms with van der Waals surface area (Å²) in [6.45, 7) is 4.90. The molecule has 1 saturated heterocycles. The zero-order valence-corrected chi connectivity index (χ0v) is 11.2. The van der Waals surface area contributed by atoms with Crippen LogP contribution in [0.4, 0.5) is 0 Å². The van der Waals surface area contributed by atoms with Crippen LogP contribution in [0.5, 0.6) is 0 Å². The first-order chi connectivity index (χ1) is 9.27. The number of nitrogens with one attached hydrogen (secondary N) is 2. The fraction of sp³-hybridized carbons (Fsp3) is 0.750. The van der Waals surface area contributed by atoms with Crippen molar-refractivity contribution in [1.82, 2.24) is 25.4 Å². The number of carbonyl (C=O) groups is 1. The van der Waals surface area contributed by atoms with Crippen LogP contribution < -0.4 is 10.6 Å². The van der Waals surface area contributed by atoms with Gasteiger partial charge in [-0.25, -0.2) is 9.67 Å². The maximum atomic E-state index is 11.8. The molecule has 0 spiro atoms. The Balaban J connectivity index is 1.61. The maximum absolute atomic E-state index is 11.8. The largest absolute Gasteiger partial charge is 0.376 e. The van der Waals surface area contributed by atoms with Crippen molar-refractivity contribution in [3.63, 3.8) is 0 Å². The van der Waals surface area contributed by atoms with Crippen molar-refractivity contribution in [2.75, 3.05) is 26.2 Å². The highest BCUT2D eigenvalue weighted by atomic mass is 16.5. The Hall–Kier alpha value is -1.47. The molecule has 7 nitrogen and oxygen atoms in total. The third-order valence-corrected chi connectivity index (χ3v) is 3.25. The molecule has 2 N–H and O–H groups in total. The fourth-order valence-electron chi connectivity index (χ4n) is 2.05. The lowest BCUT2D eigenvalue weighted by Crippen LogP contribution is -2.36. The molecule has 106 valence electrons. The van der Waals surface area contributed by atoms with Crippen LogP contribution >= 0.6 is 0 Å². The number of hydrogen-bond donors (Lipinski definition) is 2. The average molecular weight is 267 g/mol. The minimum atomic E-state index is -0.346. The summed E-state index contributed by atoms with van der Waals surface area (Å²) in [4.78, 5) is 15.7. The van der Waals surface area contributed by atoms with Gasteiger partial charge in [0.2, 0.25) is 5.91 Å². The second kappa shape index (κ2) is 7.20. The molecule has 1 amide bonds. The number of carbonyl (C=O) groups excluding carboxylic acids is 1. The van der Waals surface area contributed by atoms with E-state index in [9.17, 15) is 4.79 Å². The Kier molecular flexibility index (Phi) is 5.29. The van der Waals surface area contributed by atoms with Crippen molar-refractivity contribution in [1.29, 1.82) is 0 Å². The molecule has 1 aliphatic rings. The molecule has 19 heavy (non-hydrogen) atoms. The SMILES string of the molecule is CC(C(=O)NCCOC1CCNCC1)n1cncn1. The summed E-state index contributed by atoms with van der Waals surface area (Å²) in [5, 5.41) is 10.1. The Labute approximate surface area is 112 Å². The summed E-state index contributed by atoms with van der Waals surface area (Å²) in [5.41, 5.74) is 0. The van der Waals surface area contributed by atoms with Crippen LogP contribution in [0.3, 0.4) is 0 Å². The minimum Gasteiger partial charge on any atom is -0.376 e. The van der Waals surface area contributed by atoms with Gasteiger partial charge in [0, 0.05) is 6.54 Å². The summed E-state index contributed by atoms with van der Waals surface area (Å²) < 4.78 is 7.25. The van der Waals surface area contributed by atoms with Crippen LogP contribution in [-0.4, -0.2) is 53.0 Å². The number of rotatable bonds is 6. The molecule has 1 aliphatic heterocycles. The molecule has 0 radical (unpaired) electrons. The third-order valence-electron chi connectivity index (χ3n) is 3.25. The Morgan fingerprint density at radius 1 is 1.58 bits per heavy atom. The smallest absolute Gasteiger partial charge is 0.244 e. The van der Waals surface area contributed by atoms with Gasteiger partial charge < -0.3 is 15.4 Å². The van der Waals surface area contributed by atoms with Crippen molar-refractivity contribution in [2.24, 2.45) is 0 Å². The molecule has 1 atom stereocenters. The van der Waals surface area contributed by atoms with Crippen molar-refractivity contribution in [2.45, 2.75) is 31.9 Å². The van der Waals surface area contributed by atoms with Crippen LogP contribution in [0.15, 0.2) is 12.7 Å². The lowest BCUT2D eigenvalue weighted by atomic mass is 10.1. The summed E-state index contributed by atoms with van der Waals surface area (Å²) in [6, 6.07) is -0.346. The van der Waals surface area contributed by atoms with Crippen molar-refractivity contribution >= 4 is 5.91 Å². The van der Waals surface area contributed by atoms with Gasteiger partial charge in [-0.15, -0.1) is 0 Å². The summed E-state index contributed by atoms with van der Waals surface area (Å²) in [6.07, 6.45) is 5.37. The second-order valence-corrected chi connectivity index (χ2v) is 4.66. The molecule has 0 aromatic carbocycles. The van der Waals surface area contributed by atoms with E-state index in [1.165, 1.54) is 17.3 Å². The topological polar surface area (TPSA) is 81.1 Å². The van der Waals surface area contributed by atoms with E-state index in [1.807, 2.05) is 0 Å². The van der Waals surface area contributed by atoms with Gasteiger partial charge in [0.05, 0.1) is 12.7 Å². The lowest BCUT2D eigenvalue weighted by molar-refractivity contribution is -0.124. The number of hydrogen-bond acceptors (Lipinski definition) is 5. The average Bonchev–Trinajstić information content (AvgIpc) is 2.98. The van der Waals surface area contributed by atoms with Gasteiger partial charge >= 0.3 is 0 Å².